The van der Waals surface area contributed by atoms with E-state index in [1.165, 1.54) is 0 Å². The van der Waals surface area contributed by atoms with Crippen LogP contribution >= 0.6 is 0 Å². The molecule has 0 saturated carbocycles. The molecule has 0 bridgehead atoms. The first kappa shape index (κ1) is 18.8. The number of carbonyl (C=O) groups is 1. The van der Waals surface area contributed by atoms with Crippen molar-refractivity contribution in [3.63, 3.8) is 0 Å². The zero-order valence-corrected chi connectivity index (χ0v) is 15.2. The first-order valence-corrected chi connectivity index (χ1v) is 8.54. The number of fused-ring (bicyclic) bond motifs is 1. The molecule has 1 amide bonds. The number of nitrogens with one attached hydrogen (secondary N) is 1. The lowest BCUT2D eigenvalue weighted by Gasteiger charge is -2.12. The van der Waals surface area contributed by atoms with Crippen LogP contribution in [0.1, 0.15) is 0 Å². The number of benzene rings is 2. The standard InChI is InChI=1S/C20H21F2N3O2/c1-24(2)9-10-25-8-7-14-11-16(4-5-18(14)25)23-20(26)13-27-19-6-3-15(21)12-17(19)22/h3-8,11-12H,9-10,13H2,1-2H3,(H,23,26). The van der Waals surface area contributed by atoms with Gasteiger partial charge in [0.1, 0.15) is 5.82 Å². The lowest BCUT2D eigenvalue weighted by molar-refractivity contribution is -0.118. The van der Waals surface area contributed by atoms with E-state index in [1.54, 1.807) is 0 Å². The molecule has 0 atom stereocenters. The number of hydrogen-bond donors (Lipinski definition) is 1. The number of likely N-dealkylation sites (N-methyl/N-ethyl adjacent to an activating group) is 1. The third kappa shape index (κ3) is 4.83. The predicted octanol–water partition coefficient (Wildman–Crippen LogP) is 3.50. The molecule has 1 aromatic heterocycles. The molecule has 0 spiro atoms. The summed E-state index contributed by atoms with van der Waals surface area (Å²) in [4.78, 5) is 14.2. The van der Waals surface area contributed by atoms with Crippen LogP contribution in [-0.4, -0.2) is 42.6 Å². The van der Waals surface area contributed by atoms with Crippen molar-refractivity contribution in [1.82, 2.24) is 9.47 Å². The summed E-state index contributed by atoms with van der Waals surface area (Å²) in [5.41, 5.74) is 1.71. The monoisotopic (exact) mass is 373 g/mol. The van der Waals surface area contributed by atoms with E-state index in [2.05, 4.69) is 14.8 Å². The fourth-order valence-corrected chi connectivity index (χ4v) is 2.71. The van der Waals surface area contributed by atoms with E-state index in [-0.39, 0.29) is 12.4 Å². The van der Waals surface area contributed by atoms with Gasteiger partial charge in [0, 0.05) is 41.9 Å². The molecule has 27 heavy (non-hydrogen) atoms. The number of nitrogens with zero attached hydrogens (tertiary/aromatic N) is 2. The number of amides is 1. The Kier molecular flexibility index (Phi) is 5.71. The molecule has 0 fully saturated rings. The van der Waals surface area contributed by atoms with Crippen molar-refractivity contribution in [2.45, 2.75) is 6.54 Å². The highest BCUT2D eigenvalue weighted by atomic mass is 19.1. The number of hydrogen-bond acceptors (Lipinski definition) is 3. The summed E-state index contributed by atoms with van der Waals surface area (Å²) < 4.78 is 33.7. The Balaban J connectivity index is 1.61. The van der Waals surface area contributed by atoms with Crippen LogP contribution < -0.4 is 10.1 Å². The van der Waals surface area contributed by atoms with Crippen molar-refractivity contribution >= 4 is 22.5 Å². The molecule has 0 aliphatic carbocycles. The van der Waals surface area contributed by atoms with Gasteiger partial charge in [-0.1, -0.05) is 0 Å². The maximum atomic E-state index is 13.5. The van der Waals surface area contributed by atoms with Gasteiger partial charge >= 0.3 is 0 Å². The third-order valence-corrected chi connectivity index (χ3v) is 4.10. The molecular weight excluding hydrogens is 352 g/mol. The maximum absolute atomic E-state index is 13.5. The smallest absolute Gasteiger partial charge is 0.262 e. The second-order valence-electron chi connectivity index (χ2n) is 6.50. The number of aromatic nitrogens is 1. The van der Waals surface area contributed by atoms with E-state index in [9.17, 15) is 13.6 Å². The van der Waals surface area contributed by atoms with Crippen LogP contribution in [0.25, 0.3) is 10.9 Å². The zero-order valence-electron chi connectivity index (χ0n) is 15.2. The van der Waals surface area contributed by atoms with Crippen molar-refractivity contribution in [3.05, 3.63) is 60.3 Å². The Hall–Kier alpha value is -2.93. The minimum absolute atomic E-state index is 0.167. The average molecular weight is 373 g/mol. The third-order valence-electron chi connectivity index (χ3n) is 4.10. The minimum Gasteiger partial charge on any atom is -0.481 e. The Morgan fingerprint density at radius 1 is 1.15 bits per heavy atom. The molecule has 0 aliphatic heterocycles. The highest BCUT2D eigenvalue weighted by molar-refractivity contribution is 5.94. The second-order valence-corrected chi connectivity index (χ2v) is 6.50. The Labute approximate surface area is 156 Å². The fraction of sp³-hybridized carbons (Fsp3) is 0.250. The molecular formula is C20H21F2N3O2. The van der Waals surface area contributed by atoms with Crippen molar-refractivity contribution in [1.29, 1.82) is 0 Å². The first-order valence-electron chi connectivity index (χ1n) is 8.54. The summed E-state index contributed by atoms with van der Waals surface area (Å²) in [6.07, 6.45) is 2.01. The van der Waals surface area contributed by atoms with Gasteiger partial charge < -0.3 is 19.5 Å². The highest BCUT2D eigenvalue weighted by Gasteiger charge is 2.09. The molecule has 0 saturated heterocycles. The molecule has 1 N–H and O–H groups in total. The van der Waals surface area contributed by atoms with E-state index in [0.717, 1.165) is 36.1 Å². The molecule has 5 nitrogen and oxygen atoms in total. The van der Waals surface area contributed by atoms with Gasteiger partial charge in [-0.05, 0) is 50.5 Å². The average Bonchev–Trinajstić information content (AvgIpc) is 3.01. The van der Waals surface area contributed by atoms with Gasteiger partial charge in [-0.2, -0.15) is 0 Å². The van der Waals surface area contributed by atoms with E-state index < -0.39 is 17.5 Å². The number of carbonyl (C=O) groups excluding carboxylic acids is 1. The Morgan fingerprint density at radius 3 is 2.70 bits per heavy atom. The number of ether oxygens (including phenoxy) is 1. The van der Waals surface area contributed by atoms with Crippen molar-refractivity contribution in [2.24, 2.45) is 0 Å². The van der Waals surface area contributed by atoms with Crippen LogP contribution in [0, 0.1) is 11.6 Å². The summed E-state index contributed by atoms with van der Waals surface area (Å²) in [6.45, 7) is 1.43. The molecule has 3 rings (SSSR count). The molecule has 3 aromatic rings. The van der Waals surface area contributed by atoms with Gasteiger partial charge in [-0.15, -0.1) is 0 Å². The molecule has 0 aliphatic rings. The van der Waals surface area contributed by atoms with Crippen molar-refractivity contribution in [3.8, 4) is 5.75 Å². The largest absolute Gasteiger partial charge is 0.481 e. The minimum atomic E-state index is -0.844. The number of halogens is 2. The SMILES string of the molecule is CN(C)CCn1ccc2cc(NC(=O)COc3ccc(F)cc3F)ccc21. The summed E-state index contributed by atoms with van der Waals surface area (Å²) in [5, 5.41) is 3.73. The van der Waals surface area contributed by atoms with Gasteiger partial charge in [-0.3, -0.25) is 4.79 Å². The predicted molar refractivity (Wildman–Crippen MR) is 101 cm³/mol. The molecule has 1 heterocycles. The Morgan fingerprint density at radius 2 is 1.96 bits per heavy atom. The molecule has 7 heteroatoms. The van der Waals surface area contributed by atoms with E-state index in [1.807, 2.05) is 44.6 Å². The normalized spacial score (nSPS) is 11.1. The van der Waals surface area contributed by atoms with Gasteiger partial charge in [-0.25, -0.2) is 8.78 Å². The number of anilines is 1. The summed E-state index contributed by atoms with van der Waals surface area (Å²) in [6, 6.07) is 10.6. The number of rotatable bonds is 7. The zero-order chi connectivity index (χ0) is 19.4. The van der Waals surface area contributed by atoms with Gasteiger partial charge in [0.2, 0.25) is 0 Å². The van der Waals surface area contributed by atoms with Crippen LogP contribution in [0.5, 0.6) is 5.75 Å². The van der Waals surface area contributed by atoms with Crippen molar-refractivity contribution in [2.75, 3.05) is 32.6 Å². The second kappa shape index (κ2) is 8.18. The summed E-state index contributed by atoms with van der Waals surface area (Å²) in [7, 11) is 4.05. The maximum Gasteiger partial charge on any atom is 0.262 e. The van der Waals surface area contributed by atoms with Gasteiger partial charge in [0.15, 0.2) is 18.2 Å². The van der Waals surface area contributed by atoms with Crippen molar-refractivity contribution < 1.29 is 18.3 Å². The van der Waals surface area contributed by atoms with Gasteiger partial charge in [0.25, 0.3) is 5.91 Å². The fourth-order valence-electron chi connectivity index (χ4n) is 2.71. The lowest BCUT2D eigenvalue weighted by Crippen LogP contribution is -2.20. The lowest BCUT2D eigenvalue weighted by atomic mass is 10.2. The summed E-state index contributed by atoms with van der Waals surface area (Å²) >= 11 is 0. The van der Waals surface area contributed by atoms with E-state index in [4.69, 9.17) is 4.74 Å². The highest BCUT2D eigenvalue weighted by Crippen LogP contribution is 2.21. The first-order chi connectivity index (χ1) is 12.9. The molecule has 2 aromatic carbocycles. The van der Waals surface area contributed by atoms with Crippen LogP contribution in [0.15, 0.2) is 48.7 Å². The van der Waals surface area contributed by atoms with Crippen LogP contribution in [0.4, 0.5) is 14.5 Å². The molecule has 0 radical (unpaired) electrons. The van der Waals surface area contributed by atoms with Crippen LogP contribution in [0.3, 0.4) is 0 Å². The van der Waals surface area contributed by atoms with Gasteiger partial charge in [0.05, 0.1) is 0 Å². The molecule has 0 unspecified atom stereocenters. The van der Waals surface area contributed by atoms with E-state index >= 15 is 0 Å². The topological polar surface area (TPSA) is 46.5 Å². The summed E-state index contributed by atoms with van der Waals surface area (Å²) in [5.74, 6) is -2.14. The Bertz CT molecular complexity index is 954. The van der Waals surface area contributed by atoms with E-state index in [0.29, 0.717) is 11.8 Å². The van der Waals surface area contributed by atoms with Crippen LogP contribution in [0.2, 0.25) is 0 Å². The van der Waals surface area contributed by atoms with Crippen LogP contribution in [-0.2, 0) is 11.3 Å². The molecule has 142 valence electrons. The quantitative estimate of drug-likeness (QED) is 0.690.